The van der Waals surface area contributed by atoms with Gasteiger partial charge >= 0.3 is 0 Å². The standard InChI is InChI=1S/C23H33NOS/c1-3-15-4-5-20-19(9-15)10-21(26-20)22(25)24-14(2)23-11-16-6-17(12-23)8-18(7-16)13-23/h10,14-18H,3-9,11-13H2,1-2H3,(H,24,25)/t14-,15+,16?,17?,18?,23?/m0/s1. The van der Waals surface area contributed by atoms with E-state index in [0.717, 1.165) is 28.5 Å². The van der Waals surface area contributed by atoms with E-state index in [0.29, 0.717) is 11.5 Å². The van der Waals surface area contributed by atoms with Crippen molar-refractivity contribution in [3.63, 3.8) is 0 Å². The molecule has 5 aliphatic rings. The number of hydrogen-bond acceptors (Lipinski definition) is 2. The topological polar surface area (TPSA) is 29.1 Å². The first-order valence-electron chi connectivity index (χ1n) is 11.0. The highest BCUT2D eigenvalue weighted by Gasteiger charge is 2.53. The van der Waals surface area contributed by atoms with Gasteiger partial charge in [0.1, 0.15) is 0 Å². The Morgan fingerprint density at radius 1 is 1.23 bits per heavy atom. The molecule has 26 heavy (non-hydrogen) atoms. The van der Waals surface area contributed by atoms with Gasteiger partial charge in [-0.05, 0) is 105 Å². The highest BCUT2D eigenvalue weighted by molar-refractivity contribution is 7.14. The van der Waals surface area contributed by atoms with Crippen LogP contribution in [0.3, 0.4) is 0 Å². The van der Waals surface area contributed by atoms with Crippen LogP contribution in [0.15, 0.2) is 6.07 Å². The summed E-state index contributed by atoms with van der Waals surface area (Å²) in [5.41, 5.74) is 1.86. The van der Waals surface area contributed by atoms with Crippen molar-refractivity contribution < 1.29 is 4.79 Å². The van der Waals surface area contributed by atoms with E-state index in [-0.39, 0.29) is 5.91 Å². The van der Waals surface area contributed by atoms with Crippen LogP contribution < -0.4 is 5.32 Å². The maximum Gasteiger partial charge on any atom is 0.261 e. The van der Waals surface area contributed by atoms with Crippen LogP contribution in [-0.4, -0.2) is 11.9 Å². The molecule has 2 nitrogen and oxygen atoms in total. The van der Waals surface area contributed by atoms with Crippen LogP contribution in [0.5, 0.6) is 0 Å². The van der Waals surface area contributed by atoms with Crippen LogP contribution in [0.1, 0.15) is 85.3 Å². The second kappa shape index (κ2) is 6.36. The zero-order valence-corrected chi connectivity index (χ0v) is 17.2. The number of rotatable bonds is 4. The lowest BCUT2D eigenvalue weighted by Gasteiger charge is -2.59. The van der Waals surface area contributed by atoms with E-state index in [1.807, 2.05) is 0 Å². The first kappa shape index (κ1) is 17.3. The van der Waals surface area contributed by atoms with Crippen molar-refractivity contribution in [3.8, 4) is 0 Å². The quantitative estimate of drug-likeness (QED) is 0.733. The summed E-state index contributed by atoms with van der Waals surface area (Å²) in [5, 5.41) is 3.46. The Bertz CT molecular complexity index is 670. The fourth-order valence-corrected chi connectivity index (χ4v) is 8.30. The highest BCUT2D eigenvalue weighted by atomic mass is 32.1. The summed E-state index contributed by atoms with van der Waals surface area (Å²) in [6.45, 7) is 4.59. The first-order chi connectivity index (χ1) is 12.5. The zero-order chi connectivity index (χ0) is 17.9. The summed E-state index contributed by atoms with van der Waals surface area (Å²) >= 11 is 1.76. The number of fused-ring (bicyclic) bond motifs is 1. The molecule has 2 atom stereocenters. The second-order valence-electron chi connectivity index (χ2n) is 10.1. The normalized spacial score (nSPS) is 38.8. The summed E-state index contributed by atoms with van der Waals surface area (Å²) in [7, 11) is 0. The van der Waals surface area contributed by atoms with E-state index >= 15 is 0 Å². The molecule has 1 amide bonds. The summed E-state index contributed by atoms with van der Waals surface area (Å²) in [6.07, 6.45) is 13.4. The average molecular weight is 372 g/mol. The van der Waals surface area contributed by atoms with E-state index < -0.39 is 0 Å². The van der Waals surface area contributed by atoms with Gasteiger partial charge in [-0.1, -0.05) is 13.3 Å². The molecule has 4 saturated carbocycles. The van der Waals surface area contributed by atoms with Gasteiger partial charge < -0.3 is 5.32 Å². The van der Waals surface area contributed by atoms with Crippen LogP contribution in [0.2, 0.25) is 0 Å². The molecule has 0 radical (unpaired) electrons. The predicted octanol–water partition coefficient (Wildman–Crippen LogP) is 5.60. The molecule has 0 aromatic carbocycles. The van der Waals surface area contributed by atoms with E-state index in [1.165, 1.54) is 74.6 Å². The molecule has 1 aromatic rings. The van der Waals surface area contributed by atoms with Crippen molar-refractivity contribution >= 4 is 17.2 Å². The molecule has 0 aliphatic heterocycles. The lowest BCUT2D eigenvalue weighted by Crippen LogP contribution is -2.55. The molecule has 1 N–H and O–H groups in total. The maximum atomic E-state index is 13.0. The van der Waals surface area contributed by atoms with Gasteiger partial charge in [-0.2, -0.15) is 0 Å². The molecule has 6 rings (SSSR count). The van der Waals surface area contributed by atoms with Crippen LogP contribution in [0.4, 0.5) is 0 Å². The summed E-state index contributed by atoms with van der Waals surface area (Å²) in [6, 6.07) is 2.54. The van der Waals surface area contributed by atoms with Crippen LogP contribution in [0.25, 0.3) is 0 Å². The van der Waals surface area contributed by atoms with Crippen molar-refractivity contribution in [1.29, 1.82) is 0 Å². The van der Waals surface area contributed by atoms with E-state index in [2.05, 4.69) is 25.2 Å². The number of aryl methyl sites for hydroxylation is 1. The molecular weight excluding hydrogens is 338 g/mol. The van der Waals surface area contributed by atoms with Gasteiger partial charge in [-0.25, -0.2) is 0 Å². The molecule has 5 aliphatic carbocycles. The van der Waals surface area contributed by atoms with Gasteiger partial charge in [0.15, 0.2) is 0 Å². The fraction of sp³-hybridized carbons (Fsp3) is 0.783. The summed E-state index contributed by atoms with van der Waals surface area (Å²) in [4.78, 5) is 15.5. The molecule has 4 bridgehead atoms. The molecule has 0 unspecified atom stereocenters. The summed E-state index contributed by atoms with van der Waals surface area (Å²) < 4.78 is 0. The smallest absolute Gasteiger partial charge is 0.261 e. The van der Waals surface area contributed by atoms with Crippen molar-refractivity contribution in [2.24, 2.45) is 29.1 Å². The molecule has 0 saturated heterocycles. The first-order valence-corrected chi connectivity index (χ1v) is 11.8. The molecule has 1 aromatic heterocycles. The van der Waals surface area contributed by atoms with E-state index in [1.54, 1.807) is 11.3 Å². The summed E-state index contributed by atoms with van der Waals surface area (Å²) in [5.74, 6) is 3.85. The van der Waals surface area contributed by atoms with Gasteiger partial charge in [0.2, 0.25) is 0 Å². The van der Waals surface area contributed by atoms with Crippen molar-refractivity contribution in [2.45, 2.75) is 84.1 Å². The number of carbonyl (C=O) groups excluding carboxylic acids is 1. The van der Waals surface area contributed by atoms with Gasteiger partial charge in [0.25, 0.3) is 5.91 Å². The van der Waals surface area contributed by atoms with Gasteiger partial charge in [-0.15, -0.1) is 11.3 Å². The highest BCUT2D eigenvalue weighted by Crippen LogP contribution is 2.61. The van der Waals surface area contributed by atoms with Crippen molar-refractivity contribution in [2.75, 3.05) is 0 Å². The Hall–Kier alpha value is -0.830. The average Bonchev–Trinajstić information content (AvgIpc) is 3.03. The number of nitrogens with one attached hydrogen (secondary N) is 1. The predicted molar refractivity (Wildman–Crippen MR) is 108 cm³/mol. The Morgan fingerprint density at radius 3 is 2.50 bits per heavy atom. The largest absolute Gasteiger partial charge is 0.348 e. The monoisotopic (exact) mass is 371 g/mol. The molecule has 3 heteroatoms. The number of hydrogen-bond donors (Lipinski definition) is 1. The van der Waals surface area contributed by atoms with Crippen molar-refractivity contribution in [1.82, 2.24) is 5.32 Å². The fourth-order valence-electron chi connectivity index (χ4n) is 7.19. The Morgan fingerprint density at radius 2 is 1.88 bits per heavy atom. The van der Waals surface area contributed by atoms with Gasteiger partial charge in [0.05, 0.1) is 4.88 Å². The molecular formula is C23H33NOS. The lowest BCUT2D eigenvalue weighted by molar-refractivity contribution is -0.0687. The lowest BCUT2D eigenvalue weighted by atomic mass is 9.48. The number of thiophene rings is 1. The minimum Gasteiger partial charge on any atom is -0.348 e. The Labute approximate surface area is 162 Å². The van der Waals surface area contributed by atoms with Crippen LogP contribution in [-0.2, 0) is 12.8 Å². The van der Waals surface area contributed by atoms with E-state index in [4.69, 9.17) is 0 Å². The Kier molecular flexibility index (Phi) is 4.23. The third-order valence-electron chi connectivity index (χ3n) is 8.34. The molecule has 4 fully saturated rings. The number of carbonyl (C=O) groups is 1. The third-order valence-corrected chi connectivity index (χ3v) is 9.57. The minimum atomic E-state index is 0.195. The minimum absolute atomic E-state index is 0.195. The second-order valence-corrected chi connectivity index (χ2v) is 11.2. The van der Waals surface area contributed by atoms with E-state index in [9.17, 15) is 4.79 Å². The molecule has 142 valence electrons. The third kappa shape index (κ3) is 2.85. The molecule has 1 heterocycles. The van der Waals surface area contributed by atoms with Gasteiger partial charge in [-0.3, -0.25) is 4.79 Å². The number of amides is 1. The zero-order valence-electron chi connectivity index (χ0n) is 16.4. The SMILES string of the molecule is CC[C@@H]1CCc2sc(C(=O)N[C@@H](C)C34CC5CC(CC(C5)C3)C4)cc2C1. The van der Waals surface area contributed by atoms with Gasteiger partial charge in [0, 0.05) is 10.9 Å². The van der Waals surface area contributed by atoms with Crippen LogP contribution in [0, 0.1) is 29.1 Å². The van der Waals surface area contributed by atoms with Crippen molar-refractivity contribution in [3.05, 3.63) is 21.4 Å². The Balaban J connectivity index is 1.29. The van der Waals surface area contributed by atoms with Crippen LogP contribution >= 0.6 is 11.3 Å². The molecule has 0 spiro atoms. The maximum absolute atomic E-state index is 13.0.